The molecule has 0 nitrogen and oxygen atoms in total. The van der Waals surface area contributed by atoms with Gasteiger partial charge in [-0.2, -0.15) is 0 Å². The fourth-order valence-corrected chi connectivity index (χ4v) is 2.24. The van der Waals surface area contributed by atoms with E-state index < -0.39 is 0 Å². The van der Waals surface area contributed by atoms with Crippen molar-refractivity contribution in [1.29, 1.82) is 0 Å². The van der Waals surface area contributed by atoms with Crippen LogP contribution in [0, 0.1) is 0 Å². The molecule has 0 aromatic heterocycles. The molecule has 0 saturated heterocycles. The van der Waals surface area contributed by atoms with Gasteiger partial charge < -0.3 is 0 Å². The third-order valence-electron chi connectivity index (χ3n) is 0.544. The Kier molecular flexibility index (Phi) is 3.79. The molecule has 0 aromatic carbocycles. The molecule has 44 valence electrons. The van der Waals surface area contributed by atoms with Crippen LogP contribution >= 0.6 is 0 Å². The molecule has 0 N–H and O–H groups in total. The Bertz CT molecular complexity index is 33.4. The number of rotatable bonds is 2. The van der Waals surface area contributed by atoms with E-state index >= 15 is 0 Å². The van der Waals surface area contributed by atoms with Gasteiger partial charge in [-0.15, -0.1) is 0 Å². The Morgan fingerprint density at radius 3 is 1.14 bits per heavy atom. The van der Waals surface area contributed by atoms with E-state index in [1.807, 2.05) is 0 Å². The maximum absolute atomic E-state index is 2.29. The third kappa shape index (κ3) is 6.53. The fourth-order valence-electron chi connectivity index (χ4n) is 0.544. The quantitative estimate of drug-likeness (QED) is 0.550. The van der Waals surface area contributed by atoms with E-state index in [-0.39, 0.29) is 0 Å². The Hall–Kier alpha value is 0.532. The van der Waals surface area contributed by atoms with Gasteiger partial charge in [0.25, 0.3) is 0 Å². The van der Waals surface area contributed by atoms with E-state index in [0.29, 0.717) is 0 Å². The fraction of sp³-hybridized carbons (Fsp3) is 1.00. The predicted octanol–water partition coefficient (Wildman–Crippen LogP) is 2.73. The first-order chi connectivity index (χ1) is 3.13. The van der Waals surface area contributed by atoms with Crippen LogP contribution in [0.5, 0.6) is 0 Å². The molecule has 0 fully saturated rings. The second-order valence-corrected chi connectivity index (χ2v) is 5.60. The van der Waals surface area contributed by atoms with Crippen LogP contribution in [-0.2, 0) is 15.2 Å². The standard InChI is InChI=1S/2C3H7.Cr/c2*1-3-2;/h2*3H,1-2H3;. The van der Waals surface area contributed by atoms with Crippen LogP contribution in [0.4, 0.5) is 0 Å². The molecule has 0 bridgehead atoms. The van der Waals surface area contributed by atoms with Crippen molar-refractivity contribution in [3.8, 4) is 0 Å². The molecule has 0 atom stereocenters. The van der Waals surface area contributed by atoms with Gasteiger partial charge in [-0.25, -0.2) is 0 Å². The summed E-state index contributed by atoms with van der Waals surface area (Å²) in [6, 6.07) is 0. The van der Waals surface area contributed by atoms with Gasteiger partial charge in [0.05, 0.1) is 0 Å². The van der Waals surface area contributed by atoms with E-state index in [1.54, 1.807) is 0 Å². The van der Waals surface area contributed by atoms with E-state index in [9.17, 15) is 0 Å². The first-order valence-corrected chi connectivity index (χ1v) is 4.25. The minimum absolute atomic E-state index is 0.875. The zero-order valence-corrected chi connectivity index (χ0v) is 6.84. The van der Waals surface area contributed by atoms with Crippen molar-refractivity contribution in [3.05, 3.63) is 0 Å². The molecule has 0 aromatic rings. The van der Waals surface area contributed by atoms with Crippen molar-refractivity contribution in [3.63, 3.8) is 0 Å². The molecule has 0 aliphatic carbocycles. The van der Waals surface area contributed by atoms with Crippen LogP contribution in [0.2, 0.25) is 9.56 Å². The molecule has 0 saturated carbocycles. The average Bonchev–Trinajstić information content (AvgIpc) is 1.27. The maximum atomic E-state index is 2.29. The van der Waals surface area contributed by atoms with Crippen LogP contribution < -0.4 is 0 Å². The first kappa shape index (κ1) is 7.53. The van der Waals surface area contributed by atoms with Crippen LogP contribution in [0.1, 0.15) is 27.7 Å². The topological polar surface area (TPSA) is 0 Å². The molecular weight excluding hydrogens is 124 g/mol. The predicted molar refractivity (Wildman–Crippen MR) is 30.2 cm³/mol. The molecule has 0 rings (SSSR count). The van der Waals surface area contributed by atoms with Gasteiger partial charge in [-0.3, -0.25) is 0 Å². The SMILES string of the molecule is C[CH](C)[Cr][CH](C)C. The van der Waals surface area contributed by atoms with E-state index in [1.165, 1.54) is 0 Å². The Balaban J connectivity index is 2.95. The minimum atomic E-state index is 0.875. The van der Waals surface area contributed by atoms with E-state index in [4.69, 9.17) is 0 Å². The second kappa shape index (κ2) is 3.52. The molecule has 0 aliphatic rings. The Labute approximate surface area is 53.0 Å². The van der Waals surface area contributed by atoms with Gasteiger partial charge in [-0.05, 0) is 0 Å². The van der Waals surface area contributed by atoms with Crippen molar-refractivity contribution in [2.75, 3.05) is 0 Å². The molecule has 0 unspecified atom stereocenters. The van der Waals surface area contributed by atoms with Gasteiger partial charge >= 0.3 is 52.5 Å². The molecule has 1 heteroatoms. The van der Waals surface area contributed by atoms with E-state index in [2.05, 4.69) is 27.7 Å². The Morgan fingerprint density at radius 1 is 0.857 bits per heavy atom. The molecule has 0 aliphatic heterocycles. The molecular formula is C6H14Cr. The molecule has 0 heterocycles. The van der Waals surface area contributed by atoms with Gasteiger partial charge in [0.1, 0.15) is 0 Å². The molecule has 0 spiro atoms. The summed E-state index contributed by atoms with van der Waals surface area (Å²) in [7, 11) is 0. The summed E-state index contributed by atoms with van der Waals surface area (Å²) in [5.74, 6) is 0. The van der Waals surface area contributed by atoms with E-state index in [0.717, 1.165) is 24.8 Å². The normalized spacial score (nSPS) is 11.1. The molecule has 7 heavy (non-hydrogen) atoms. The number of hydrogen-bond donors (Lipinski definition) is 0. The second-order valence-electron chi connectivity index (χ2n) is 2.23. The van der Waals surface area contributed by atoms with Crippen molar-refractivity contribution < 1.29 is 15.2 Å². The summed E-state index contributed by atoms with van der Waals surface area (Å²) in [5, 5.41) is 0. The molecule has 0 amide bonds. The van der Waals surface area contributed by atoms with Crippen LogP contribution in [0.15, 0.2) is 0 Å². The first-order valence-electron chi connectivity index (χ1n) is 2.78. The monoisotopic (exact) mass is 138 g/mol. The van der Waals surface area contributed by atoms with Crippen molar-refractivity contribution in [2.45, 2.75) is 37.3 Å². The van der Waals surface area contributed by atoms with Crippen molar-refractivity contribution in [1.82, 2.24) is 0 Å². The zero-order valence-electron chi connectivity index (χ0n) is 5.56. The summed E-state index contributed by atoms with van der Waals surface area (Å²) in [4.78, 5) is 0. The summed E-state index contributed by atoms with van der Waals surface area (Å²) in [6.07, 6.45) is 0. The van der Waals surface area contributed by atoms with Gasteiger partial charge in [-0.1, -0.05) is 0 Å². The Morgan fingerprint density at radius 2 is 1.14 bits per heavy atom. The summed E-state index contributed by atoms with van der Waals surface area (Å²) in [5.41, 5.74) is 0. The average molecular weight is 138 g/mol. The van der Waals surface area contributed by atoms with Crippen molar-refractivity contribution >= 4 is 0 Å². The summed E-state index contributed by atoms with van der Waals surface area (Å²) >= 11 is 0.875. The summed E-state index contributed by atoms with van der Waals surface area (Å²) in [6.45, 7) is 9.17. The van der Waals surface area contributed by atoms with Crippen LogP contribution in [0.3, 0.4) is 0 Å². The van der Waals surface area contributed by atoms with Crippen LogP contribution in [0.25, 0.3) is 0 Å². The summed E-state index contributed by atoms with van der Waals surface area (Å²) < 4.78 is 1.87. The zero-order chi connectivity index (χ0) is 5.86. The third-order valence-corrected chi connectivity index (χ3v) is 2.24. The van der Waals surface area contributed by atoms with Crippen molar-refractivity contribution in [2.24, 2.45) is 0 Å². The van der Waals surface area contributed by atoms with Crippen LogP contribution in [-0.4, -0.2) is 0 Å². The molecule has 0 radical (unpaired) electrons. The number of hydrogen-bond acceptors (Lipinski definition) is 0. The van der Waals surface area contributed by atoms with Gasteiger partial charge in [0.2, 0.25) is 0 Å². The van der Waals surface area contributed by atoms with Gasteiger partial charge in [0, 0.05) is 0 Å². The van der Waals surface area contributed by atoms with Gasteiger partial charge in [0.15, 0.2) is 0 Å².